The summed E-state index contributed by atoms with van der Waals surface area (Å²) in [5.41, 5.74) is 2.41. The van der Waals surface area contributed by atoms with E-state index in [0.29, 0.717) is 0 Å². The Morgan fingerprint density at radius 2 is 1.67 bits per heavy atom. The van der Waals surface area contributed by atoms with Gasteiger partial charge in [0.25, 0.3) is 0 Å². The van der Waals surface area contributed by atoms with Crippen molar-refractivity contribution in [2.24, 2.45) is 4.99 Å². The molecule has 2 nitrogen and oxygen atoms in total. The summed E-state index contributed by atoms with van der Waals surface area (Å²) in [5, 5.41) is 0. The number of nitrogens with zero attached hydrogens (tertiary/aromatic N) is 2. The van der Waals surface area contributed by atoms with Gasteiger partial charge < -0.3 is 4.90 Å². The molecule has 90 valence electrons. The van der Waals surface area contributed by atoms with E-state index in [1.54, 1.807) is 0 Å². The van der Waals surface area contributed by atoms with Gasteiger partial charge in [-0.05, 0) is 46.9 Å². The Morgan fingerprint density at radius 3 is 2.39 bits per heavy atom. The van der Waals surface area contributed by atoms with Gasteiger partial charge >= 0.3 is 0 Å². The summed E-state index contributed by atoms with van der Waals surface area (Å²) in [5.74, 6) is 1.08. The van der Waals surface area contributed by atoms with Gasteiger partial charge in [0, 0.05) is 21.4 Å². The molecule has 0 atom stereocenters. The van der Waals surface area contributed by atoms with Gasteiger partial charge in [-0.15, -0.1) is 0 Å². The topological polar surface area (TPSA) is 15.6 Å². The standard InChI is InChI=1S/C15H13IN2/c16-13-6-8-14(9-7-13)18-11-10-17-15(18)12-4-2-1-3-5-12/h1-9H,10-11H2. The maximum absolute atomic E-state index is 4.63. The van der Waals surface area contributed by atoms with Crippen LogP contribution in [0.2, 0.25) is 0 Å². The first kappa shape index (κ1) is 11.7. The molecule has 18 heavy (non-hydrogen) atoms. The van der Waals surface area contributed by atoms with Gasteiger partial charge in [0.05, 0.1) is 6.54 Å². The third-order valence-corrected chi connectivity index (χ3v) is 3.73. The predicted molar refractivity (Wildman–Crippen MR) is 84.4 cm³/mol. The number of aliphatic imine (C=N–C) groups is 1. The number of hydrogen-bond acceptors (Lipinski definition) is 2. The number of hydrogen-bond donors (Lipinski definition) is 0. The van der Waals surface area contributed by atoms with E-state index >= 15 is 0 Å². The molecule has 3 rings (SSSR count). The minimum absolute atomic E-state index is 0.871. The lowest BCUT2D eigenvalue weighted by Gasteiger charge is -2.20. The van der Waals surface area contributed by atoms with Crippen LogP contribution < -0.4 is 4.90 Å². The van der Waals surface area contributed by atoms with Crippen molar-refractivity contribution in [3.63, 3.8) is 0 Å². The van der Waals surface area contributed by atoms with Crippen molar-refractivity contribution in [3.8, 4) is 0 Å². The third kappa shape index (κ3) is 2.27. The molecule has 0 N–H and O–H groups in total. The first-order chi connectivity index (χ1) is 8.84. The van der Waals surface area contributed by atoms with Crippen LogP contribution in [0, 0.1) is 3.57 Å². The smallest absolute Gasteiger partial charge is 0.135 e. The van der Waals surface area contributed by atoms with Crippen molar-refractivity contribution >= 4 is 34.1 Å². The second-order valence-electron chi connectivity index (χ2n) is 4.20. The molecule has 0 amide bonds. The van der Waals surface area contributed by atoms with Gasteiger partial charge in [0.15, 0.2) is 0 Å². The Bertz CT molecular complexity index is 561. The quantitative estimate of drug-likeness (QED) is 0.758. The molecule has 0 aliphatic carbocycles. The van der Waals surface area contributed by atoms with Gasteiger partial charge in [-0.3, -0.25) is 4.99 Å². The molecule has 3 heteroatoms. The molecule has 0 saturated heterocycles. The lowest BCUT2D eigenvalue weighted by Crippen LogP contribution is -2.27. The highest BCUT2D eigenvalue weighted by Gasteiger charge is 2.19. The number of amidine groups is 1. The van der Waals surface area contributed by atoms with E-state index in [2.05, 4.69) is 81.0 Å². The molecule has 1 aliphatic heterocycles. The second kappa shape index (κ2) is 5.10. The molecule has 1 aliphatic rings. The summed E-state index contributed by atoms with van der Waals surface area (Å²) >= 11 is 2.33. The van der Waals surface area contributed by atoms with Crippen LogP contribution in [0.3, 0.4) is 0 Å². The van der Waals surface area contributed by atoms with Crippen LogP contribution in [0.15, 0.2) is 59.6 Å². The molecule has 0 unspecified atom stereocenters. The average Bonchev–Trinajstić information content (AvgIpc) is 2.90. The van der Waals surface area contributed by atoms with Gasteiger partial charge in [0.2, 0.25) is 0 Å². The molecule has 0 spiro atoms. The molecule has 0 bridgehead atoms. The maximum atomic E-state index is 4.63. The Balaban J connectivity index is 1.94. The van der Waals surface area contributed by atoms with E-state index < -0.39 is 0 Å². The first-order valence-electron chi connectivity index (χ1n) is 5.97. The first-order valence-corrected chi connectivity index (χ1v) is 7.05. The Kier molecular flexibility index (Phi) is 3.32. The minimum atomic E-state index is 0.871. The number of anilines is 1. The van der Waals surface area contributed by atoms with Crippen LogP contribution in [-0.2, 0) is 0 Å². The highest BCUT2D eigenvalue weighted by atomic mass is 127. The molecule has 0 fully saturated rings. The van der Waals surface area contributed by atoms with E-state index in [4.69, 9.17) is 0 Å². The fourth-order valence-electron chi connectivity index (χ4n) is 2.15. The number of rotatable bonds is 2. The monoisotopic (exact) mass is 348 g/mol. The molecule has 2 aromatic carbocycles. The van der Waals surface area contributed by atoms with E-state index in [9.17, 15) is 0 Å². The maximum Gasteiger partial charge on any atom is 0.135 e. The van der Waals surface area contributed by atoms with Crippen molar-refractivity contribution in [3.05, 3.63) is 63.7 Å². The fraction of sp³-hybridized carbons (Fsp3) is 0.133. The van der Waals surface area contributed by atoms with E-state index in [1.165, 1.54) is 14.8 Å². The molecule has 0 radical (unpaired) electrons. The second-order valence-corrected chi connectivity index (χ2v) is 5.45. The summed E-state index contributed by atoms with van der Waals surface area (Å²) in [4.78, 5) is 6.91. The van der Waals surface area contributed by atoms with Crippen molar-refractivity contribution in [2.75, 3.05) is 18.0 Å². The highest BCUT2D eigenvalue weighted by molar-refractivity contribution is 14.1. The summed E-state index contributed by atoms with van der Waals surface area (Å²) in [6, 6.07) is 19.0. The Hall–Kier alpha value is -1.36. The van der Waals surface area contributed by atoms with Crippen LogP contribution in [0.4, 0.5) is 5.69 Å². The SMILES string of the molecule is Ic1ccc(N2CCN=C2c2ccccc2)cc1. The molecule has 1 heterocycles. The van der Waals surface area contributed by atoms with Gasteiger partial charge in [-0.25, -0.2) is 0 Å². The van der Waals surface area contributed by atoms with E-state index in [-0.39, 0.29) is 0 Å². The van der Waals surface area contributed by atoms with Gasteiger partial charge in [-0.2, -0.15) is 0 Å². The zero-order chi connectivity index (χ0) is 12.4. The van der Waals surface area contributed by atoms with Gasteiger partial charge in [-0.1, -0.05) is 30.3 Å². The fourth-order valence-corrected chi connectivity index (χ4v) is 2.51. The zero-order valence-corrected chi connectivity index (χ0v) is 12.0. The molecule has 0 saturated carbocycles. The predicted octanol–water partition coefficient (Wildman–Crippen LogP) is 3.56. The van der Waals surface area contributed by atoms with Crippen molar-refractivity contribution in [1.82, 2.24) is 0 Å². The average molecular weight is 348 g/mol. The van der Waals surface area contributed by atoms with Crippen molar-refractivity contribution in [1.29, 1.82) is 0 Å². The zero-order valence-electron chi connectivity index (χ0n) is 9.88. The number of benzene rings is 2. The summed E-state index contributed by atoms with van der Waals surface area (Å²) in [6.07, 6.45) is 0. The normalized spacial score (nSPS) is 14.7. The summed E-state index contributed by atoms with van der Waals surface area (Å²) in [7, 11) is 0. The van der Waals surface area contributed by atoms with Crippen molar-refractivity contribution < 1.29 is 0 Å². The molecule has 2 aromatic rings. The lowest BCUT2D eigenvalue weighted by atomic mass is 10.2. The number of halogens is 1. The van der Waals surface area contributed by atoms with Crippen LogP contribution in [0.1, 0.15) is 5.56 Å². The van der Waals surface area contributed by atoms with Crippen LogP contribution in [0.25, 0.3) is 0 Å². The van der Waals surface area contributed by atoms with E-state index in [0.717, 1.165) is 18.9 Å². The molecule has 0 aromatic heterocycles. The van der Waals surface area contributed by atoms with Crippen LogP contribution in [0.5, 0.6) is 0 Å². The van der Waals surface area contributed by atoms with Gasteiger partial charge in [0.1, 0.15) is 5.84 Å². The minimum Gasteiger partial charge on any atom is -0.324 e. The summed E-state index contributed by atoms with van der Waals surface area (Å²) < 4.78 is 1.26. The largest absolute Gasteiger partial charge is 0.324 e. The molecular weight excluding hydrogens is 335 g/mol. The Labute approximate surface area is 120 Å². The lowest BCUT2D eigenvalue weighted by molar-refractivity contribution is 1.02. The van der Waals surface area contributed by atoms with Crippen molar-refractivity contribution in [2.45, 2.75) is 0 Å². The van der Waals surface area contributed by atoms with E-state index in [1.807, 2.05) is 6.07 Å². The van der Waals surface area contributed by atoms with Crippen LogP contribution in [-0.4, -0.2) is 18.9 Å². The highest BCUT2D eigenvalue weighted by Crippen LogP contribution is 2.22. The third-order valence-electron chi connectivity index (χ3n) is 3.01. The Morgan fingerprint density at radius 1 is 0.944 bits per heavy atom. The van der Waals surface area contributed by atoms with Crippen LogP contribution >= 0.6 is 22.6 Å². The summed E-state index contributed by atoms with van der Waals surface area (Å²) in [6.45, 7) is 1.83. The molecular formula is C15H13IN2.